The summed E-state index contributed by atoms with van der Waals surface area (Å²) in [6, 6.07) is 13.4. The topological polar surface area (TPSA) is 92.1 Å². The number of pyridine rings is 1. The van der Waals surface area contributed by atoms with Crippen LogP contribution in [0.2, 0.25) is 0 Å². The predicted octanol–water partition coefficient (Wildman–Crippen LogP) is 4.03. The number of fused-ring (bicyclic) bond motifs is 2. The molecule has 5 rings (SSSR count). The molecule has 0 amide bonds. The molecule has 0 spiro atoms. The molecule has 0 unspecified atom stereocenters. The molecule has 2 aromatic carbocycles. The Morgan fingerprint density at radius 3 is 2.47 bits per heavy atom. The molecule has 7 nitrogen and oxygen atoms in total. The van der Waals surface area contributed by atoms with Crippen molar-refractivity contribution in [3.63, 3.8) is 0 Å². The third-order valence-electron chi connectivity index (χ3n) is 5.34. The van der Waals surface area contributed by atoms with Crippen molar-refractivity contribution in [1.29, 1.82) is 0 Å². The maximum Gasteiger partial charge on any atom is 0.196 e. The summed E-state index contributed by atoms with van der Waals surface area (Å²) < 4.78 is 10.8. The van der Waals surface area contributed by atoms with Crippen LogP contribution in [0.15, 0.2) is 71.2 Å². The highest BCUT2D eigenvalue weighted by Gasteiger charge is 2.14. The van der Waals surface area contributed by atoms with Gasteiger partial charge in [-0.2, -0.15) is 0 Å². The van der Waals surface area contributed by atoms with E-state index in [0.717, 1.165) is 38.3 Å². The first kappa shape index (κ1) is 19.6. The van der Waals surface area contributed by atoms with Gasteiger partial charge in [0.2, 0.25) is 0 Å². The van der Waals surface area contributed by atoms with E-state index in [1.54, 1.807) is 32.7 Å². The van der Waals surface area contributed by atoms with Crippen LogP contribution in [0.1, 0.15) is 11.1 Å². The number of azo groups is 1. The molecule has 2 N–H and O–H groups in total. The molecule has 7 heteroatoms. The zero-order chi connectivity index (χ0) is 22.1. The monoisotopic (exact) mass is 424 g/mol. The fourth-order valence-corrected chi connectivity index (χ4v) is 3.71. The molecule has 0 saturated carbocycles. The Morgan fingerprint density at radius 2 is 1.69 bits per heavy atom. The number of nitrogens with zero attached hydrogens (tertiary/aromatic N) is 3. The number of benzene rings is 2. The highest BCUT2D eigenvalue weighted by molar-refractivity contribution is 5.94. The first-order valence-electron chi connectivity index (χ1n) is 9.99. The second-order valence-corrected chi connectivity index (χ2v) is 7.26. The van der Waals surface area contributed by atoms with Gasteiger partial charge in [-0.25, -0.2) is 0 Å². The second-order valence-electron chi connectivity index (χ2n) is 7.26. The molecule has 1 aliphatic heterocycles. The third-order valence-corrected chi connectivity index (χ3v) is 5.34. The van der Waals surface area contributed by atoms with Gasteiger partial charge in [-0.1, -0.05) is 12.1 Å². The van der Waals surface area contributed by atoms with E-state index in [4.69, 9.17) is 9.47 Å². The van der Waals surface area contributed by atoms with E-state index in [0.29, 0.717) is 17.1 Å². The standard InChI is InChI=1S/C25H20N4O3/c1-31-23-13-18-19(25(30)27-21(18)14-24(23)32-2)11-16-3-5-17-20(28-29-22(17)12-16)6-4-15-7-9-26-10-8-15/h3-14,27,30H,1-2H3. The van der Waals surface area contributed by atoms with Crippen molar-refractivity contribution in [3.05, 3.63) is 82.5 Å². The maximum absolute atomic E-state index is 10.5. The minimum atomic E-state index is 0.0740. The quantitative estimate of drug-likeness (QED) is 0.506. The Hall–Kier alpha value is -4.39. The summed E-state index contributed by atoms with van der Waals surface area (Å²) in [6.07, 6.45) is 9.33. The molecule has 4 aromatic rings. The number of ether oxygens (including phenoxy) is 2. The summed E-state index contributed by atoms with van der Waals surface area (Å²) in [4.78, 5) is 7.02. The van der Waals surface area contributed by atoms with Crippen LogP contribution in [0.3, 0.4) is 0 Å². The van der Waals surface area contributed by atoms with E-state index in [1.807, 2.05) is 54.6 Å². The summed E-state index contributed by atoms with van der Waals surface area (Å²) in [6.45, 7) is 0. The summed E-state index contributed by atoms with van der Waals surface area (Å²) in [7, 11) is 3.17. The van der Waals surface area contributed by atoms with Crippen LogP contribution in [0.4, 0.5) is 5.69 Å². The minimum absolute atomic E-state index is 0.0740. The van der Waals surface area contributed by atoms with Gasteiger partial charge in [-0.05, 0) is 53.3 Å². The summed E-state index contributed by atoms with van der Waals surface area (Å²) in [5.74, 6) is 1.26. The van der Waals surface area contributed by atoms with Crippen molar-refractivity contribution in [2.24, 2.45) is 10.2 Å². The molecule has 0 saturated heterocycles. The van der Waals surface area contributed by atoms with Gasteiger partial charge < -0.3 is 19.6 Å². The minimum Gasteiger partial charge on any atom is -0.494 e. The van der Waals surface area contributed by atoms with Crippen molar-refractivity contribution in [3.8, 4) is 17.4 Å². The molecule has 0 atom stereocenters. The molecular formula is C25H20N4O3. The zero-order valence-corrected chi connectivity index (χ0v) is 17.5. The number of nitrogens with one attached hydrogen (secondary N) is 1. The fraction of sp³-hybridized carbons (Fsp3) is 0.0800. The smallest absolute Gasteiger partial charge is 0.196 e. The van der Waals surface area contributed by atoms with Crippen molar-refractivity contribution in [2.75, 3.05) is 14.2 Å². The predicted molar refractivity (Wildman–Crippen MR) is 124 cm³/mol. The van der Waals surface area contributed by atoms with Gasteiger partial charge in [0.05, 0.1) is 31.1 Å². The van der Waals surface area contributed by atoms with Crippen LogP contribution in [0.25, 0.3) is 28.8 Å². The fourth-order valence-electron chi connectivity index (χ4n) is 3.71. The van der Waals surface area contributed by atoms with Crippen LogP contribution in [-0.2, 0) is 0 Å². The summed E-state index contributed by atoms with van der Waals surface area (Å²) >= 11 is 0. The molecule has 32 heavy (non-hydrogen) atoms. The summed E-state index contributed by atoms with van der Waals surface area (Å²) in [5.41, 5.74) is 4.05. The average molecular weight is 424 g/mol. The van der Waals surface area contributed by atoms with Crippen LogP contribution in [0.5, 0.6) is 17.4 Å². The van der Waals surface area contributed by atoms with Gasteiger partial charge in [0.25, 0.3) is 0 Å². The van der Waals surface area contributed by atoms with E-state index in [1.165, 1.54) is 0 Å². The lowest BCUT2D eigenvalue weighted by Gasteiger charge is -2.07. The summed E-state index contributed by atoms with van der Waals surface area (Å²) in [5, 5.41) is 21.8. The third kappa shape index (κ3) is 3.50. The number of hydrogen-bond donors (Lipinski definition) is 2. The molecule has 0 bridgehead atoms. The molecule has 0 radical (unpaired) electrons. The Kier molecular flexibility index (Phi) is 4.91. The van der Waals surface area contributed by atoms with Gasteiger partial charge in [-0.3, -0.25) is 4.98 Å². The number of aromatic hydroxyl groups is 1. The second kappa shape index (κ2) is 8.03. The number of rotatable bonds is 5. The van der Waals surface area contributed by atoms with E-state index in [2.05, 4.69) is 20.2 Å². The van der Waals surface area contributed by atoms with Crippen molar-refractivity contribution in [2.45, 2.75) is 0 Å². The SMILES string of the molecule is COc1cc2[nH]c(O)c(C=c3ccc4c(c3)N=NC=4C=Cc3ccncc3)c2cc1OC. The molecule has 2 aromatic heterocycles. The number of aromatic amines is 1. The highest BCUT2D eigenvalue weighted by Crippen LogP contribution is 2.36. The van der Waals surface area contributed by atoms with Crippen molar-refractivity contribution >= 4 is 34.4 Å². The lowest BCUT2D eigenvalue weighted by Crippen LogP contribution is -2.08. The lowest BCUT2D eigenvalue weighted by atomic mass is 10.1. The molecule has 3 heterocycles. The number of H-pyrrole nitrogens is 1. The van der Waals surface area contributed by atoms with E-state index < -0.39 is 0 Å². The van der Waals surface area contributed by atoms with Crippen LogP contribution >= 0.6 is 0 Å². The number of hydrogen-bond acceptors (Lipinski definition) is 6. The highest BCUT2D eigenvalue weighted by atomic mass is 16.5. The first-order chi connectivity index (χ1) is 15.7. The Morgan fingerprint density at radius 1 is 0.906 bits per heavy atom. The molecule has 158 valence electrons. The Labute approximate surface area is 183 Å². The number of methoxy groups -OCH3 is 2. The normalized spacial score (nSPS) is 13.3. The van der Waals surface area contributed by atoms with Gasteiger partial charge >= 0.3 is 0 Å². The molecular weight excluding hydrogens is 404 g/mol. The van der Waals surface area contributed by atoms with Crippen molar-refractivity contribution in [1.82, 2.24) is 9.97 Å². The number of aromatic nitrogens is 2. The molecule has 1 aliphatic rings. The van der Waals surface area contributed by atoms with E-state index >= 15 is 0 Å². The first-order valence-corrected chi connectivity index (χ1v) is 9.99. The van der Waals surface area contributed by atoms with E-state index in [-0.39, 0.29) is 5.88 Å². The van der Waals surface area contributed by atoms with Crippen LogP contribution < -0.4 is 19.9 Å². The average Bonchev–Trinajstić information content (AvgIpc) is 3.37. The van der Waals surface area contributed by atoms with Gasteiger partial charge in [0, 0.05) is 34.6 Å². The molecule has 0 aliphatic carbocycles. The zero-order valence-electron chi connectivity index (χ0n) is 17.5. The van der Waals surface area contributed by atoms with Gasteiger partial charge in [-0.15, -0.1) is 10.2 Å². The Bertz CT molecular complexity index is 1500. The van der Waals surface area contributed by atoms with Crippen LogP contribution in [0, 0.1) is 0 Å². The largest absolute Gasteiger partial charge is 0.494 e. The lowest BCUT2D eigenvalue weighted by molar-refractivity contribution is 0.356. The Balaban J connectivity index is 1.56. The van der Waals surface area contributed by atoms with Gasteiger partial charge in [0.1, 0.15) is 0 Å². The maximum atomic E-state index is 10.5. The van der Waals surface area contributed by atoms with E-state index in [9.17, 15) is 5.11 Å². The van der Waals surface area contributed by atoms with Crippen LogP contribution in [-0.4, -0.2) is 29.3 Å². The van der Waals surface area contributed by atoms with Crippen molar-refractivity contribution < 1.29 is 14.6 Å². The van der Waals surface area contributed by atoms with Gasteiger partial charge in [0.15, 0.2) is 17.4 Å². The molecule has 0 fully saturated rings.